The van der Waals surface area contributed by atoms with E-state index in [-0.39, 0.29) is 25.2 Å². The van der Waals surface area contributed by atoms with E-state index in [0.29, 0.717) is 12.8 Å². The normalized spacial score (nSPS) is 13.1. The van der Waals surface area contributed by atoms with Gasteiger partial charge < -0.3 is 14.6 Å². The lowest BCUT2D eigenvalue weighted by Crippen LogP contribution is -2.28. The van der Waals surface area contributed by atoms with Crippen molar-refractivity contribution in [1.82, 2.24) is 0 Å². The summed E-state index contributed by atoms with van der Waals surface area (Å²) < 4.78 is 10.7. The van der Waals surface area contributed by atoms with Gasteiger partial charge in [0.05, 0.1) is 6.61 Å². The Balaban J connectivity index is 3.50. The standard InChI is InChI=1S/C69H116O5/c1-3-5-7-9-11-13-15-17-19-21-23-25-27-29-31-33-34-36-38-40-42-44-46-48-50-52-54-56-58-60-62-64-69(72)74-67(65-70)66-73-68(71)63-61-59-57-55-53-51-49-47-45-43-41-39-37-35-32-30-28-26-24-22-20-18-16-14-12-10-8-6-4-2/h5-8,11-14,17-20,23-26,29,31,34,36,67,70H,3-4,9-10,15-16,21-22,27-28,30,32-33,35,37-66H2,1-2H3/b7-5-,8-6-,13-11-,14-12-,19-17-,20-18-,25-23-,26-24-,31-29-,36-34-. The van der Waals surface area contributed by atoms with Crippen molar-refractivity contribution in [3.8, 4) is 0 Å². The second-order valence-corrected chi connectivity index (χ2v) is 20.4. The summed E-state index contributed by atoms with van der Waals surface area (Å²) in [6.07, 6.45) is 93.3. The Morgan fingerprint density at radius 1 is 0.311 bits per heavy atom. The lowest BCUT2D eigenvalue weighted by molar-refractivity contribution is -0.161. The molecule has 0 aromatic carbocycles. The highest BCUT2D eigenvalue weighted by Crippen LogP contribution is 2.16. The van der Waals surface area contributed by atoms with Crippen molar-refractivity contribution in [2.24, 2.45) is 0 Å². The first-order valence-electron chi connectivity index (χ1n) is 31.1. The molecule has 0 fully saturated rings. The fourth-order valence-corrected chi connectivity index (χ4v) is 8.67. The lowest BCUT2D eigenvalue weighted by Gasteiger charge is -2.15. The molecule has 0 aliphatic carbocycles. The van der Waals surface area contributed by atoms with Gasteiger partial charge in [-0.25, -0.2) is 0 Å². The first-order chi connectivity index (χ1) is 36.6. The summed E-state index contributed by atoms with van der Waals surface area (Å²) in [5.74, 6) is -0.590. The summed E-state index contributed by atoms with van der Waals surface area (Å²) in [6.45, 7) is 3.93. The first-order valence-corrected chi connectivity index (χ1v) is 31.1. The van der Waals surface area contributed by atoms with Gasteiger partial charge in [-0.3, -0.25) is 9.59 Å². The second-order valence-electron chi connectivity index (χ2n) is 20.4. The van der Waals surface area contributed by atoms with E-state index in [2.05, 4.69) is 135 Å². The smallest absolute Gasteiger partial charge is 0.306 e. The Hall–Kier alpha value is -3.70. The third-order valence-corrected chi connectivity index (χ3v) is 13.3. The minimum atomic E-state index is -0.781. The molecule has 422 valence electrons. The van der Waals surface area contributed by atoms with Gasteiger partial charge in [-0.15, -0.1) is 0 Å². The highest BCUT2D eigenvalue weighted by atomic mass is 16.6. The van der Waals surface area contributed by atoms with Crippen molar-refractivity contribution in [2.75, 3.05) is 13.2 Å². The van der Waals surface area contributed by atoms with Crippen molar-refractivity contribution >= 4 is 11.9 Å². The van der Waals surface area contributed by atoms with E-state index in [9.17, 15) is 14.7 Å². The van der Waals surface area contributed by atoms with Crippen molar-refractivity contribution in [1.29, 1.82) is 0 Å². The Bertz CT molecular complexity index is 1490. The van der Waals surface area contributed by atoms with Crippen LogP contribution in [0.2, 0.25) is 0 Å². The van der Waals surface area contributed by atoms with Crippen LogP contribution in [-0.4, -0.2) is 36.4 Å². The molecule has 0 aromatic rings. The predicted molar refractivity (Wildman–Crippen MR) is 325 cm³/mol. The molecule has 0 saturated carbocycles. The maximum atomic E-state index is 12.3. The number of carbonyl (C=O) groups is 2. The highest BCUT2D eigenvalue weighted by Gasteiger charge is 2.16. The van der Waals surface area contributed by atoms with Crippen LogP contribution in [0, 0.1) is 0 Å². The van der Waals surface area contributed by atoms with Crippen LogP contribution in [0.15, 0.2) is 122 Å². The summed E-state index contributed by atoms with van der Waals surface area (Å²) in [6, 6.07) is 0. The van der Waals surface area contributed by atoms with E-state index < -0.39 is 6.10 Å². The molecule has 0 saturated heterocycles. The van der Waals surface area contributed by atoms with Gasteiger partial charge in [-0.2, -0.15) is 0 Å². The van der Waals surface area contributed by atoms with Crippen molar-refractivity contribution < 1.29 is 24.2 Å². The first kappa shape index (κ1) is 70.3. The molecule has 5 nitrogen and oxygen atoms in total. The molecular weight excluding hydrogens is 909 g/mol. The molecule has 0 bridgehead atoms. The van der Waals surface area contributed by atoms with Crippen molar-refractivity contribution in [3.05, 3.63) is 122 Å². The number of allylic oxidation sites excluding steroid dienone is 20. The van der Waals surface area contributed by atoms with E-state index in [1.54, 1.807) is 0 Å². The summed E-state index contributed by atoms with van der Waals surface area (Å²) in [5.41, 5.74) is 0. The maximum absolute atomic E-state index is 12.3. The van der Waals surface area contributed by atoms with Crippen LogP contribution in [-0.2, 0) is 19.1 Å². The summed E-state index contributed by atoms with van der Waals surface area (Å²) in [4.78, 5) is 24.6. The predicted octanol–water partition coefficient (Wildman–Crippen LogP) is 21.4. The Morgan fingerprint density at radius 2 is 0.541 bits per heavy atom. The summed E-state index contributed by atoms with van der Waals surface area (Å²) >= 11 is 0. The van der Waals surface area contributed by atoms with Gasteiger partial charge in [0.2, 0.25) is 0 Å². The number of unbranched alkanes of at least 4 members (excludes halogenated alkanes) is 28. The van der Waals surface area contributed by atoms with Crippen LogP contribution >= 0.6 is 0 Å². The number of carbonyl (C=O) groups excluding carboxylic acids is 2. The van der Waals surface area contributed by atoms with Crippen molar-refractivity contribution in [2.45, 2.75) is 290 Å². The Labute approximate surface area is 458 Å². The third kappa shape index (κ3) is 60.9. The zero-order valence-corrected chi connectivity index (χ0v) is 48.3. The van der Waals surface area contributed by atoms with Gasteiger partial charge in [-0.1, -0.05) is 289 Å². The van der Waals surface area contributed by atoms with E-state index in [1.165, 1.54) is 154 Å². The molecule has 1 unspecified atom stereocenters. The molecule has 0 spiro atoms. The van der Waals surface area contributed by atoms with Gasteiger partial charge in [0.1, 0.15) is 6.61 Å². The Kier molecular flexibility index (Phi) is 60.4. The van der Waals surface area contributed by atoms with Crippen LogP contribution in [0.25, 0.3) is 0 Å². The van der Waals surface area contributed by atoms with E-state index in [1.807, 2.05) is 0 Å². The van der Waals surface area contributed by atoms with Gasteiger partial charge in [0.15, 0.2) is 6.10 Å². The molecule has 5 heteroatoms. The molecule has 0 rings (SSSR count). The number of hydrogen-bond donors (Lipinski definition) is 1. The molecule has 1 atom stereocenters. The van der Waals surface area contributed by atoms with Crippen LogP contribution in [0.4, 0.5) is 0 Å². The van der Waals surface area contributed by atoms with E-state index >= 15 is 0 Å². The topological polar surface area (TPSA) is 72.8 Å². The lowest BCUT2D eigenvalue weighted by atomic mass is 10.0. The number of rotatable bonds is 56. The van der Waals surface area contributed by atoms with Crippen LogP contribution in [0.5, 0.6) is 0 Å². The quantitative estimate of drug-likeness (QED) is 0.0373. The van der Waals surface area contributed by atoms with Gasteiger partial charge in [0.25, 0.3) is 0 Å². The minimum Gasteiger partial charge on any atom is -0.462 e. The molecule has 0 aliphatic rings. The number of esters is 2. The molecule has 0 aliphatic heterocycles. The fraction of sp³-hybridized carbons (Fsp3) is 0.681. The summed E-state index contributed by atoms with van der Waals surface area (Å²) in [7, 11) is 0. The Morgan fingerprint density at radius 3 is 0.811 bits per heavy atom. The number of ether oxygens (including phenoxy) is 2. The largest absolute Gasteiger partial charge is 0.462 e. The zero-order valence-electron chi connectivity index (χ0n) is 48.3. The zero-order chi connectivity index (χ0) is 53.4. The minimum absolute atomic E-state index is 0.0703. The van der Waals surface area contributed by atoms with Crippen LogP contribution < -0.4 is 0 Å². The molecule has 0 radical (unpaired) electrons. The van der Waals surface area contributed by atoms with Gasteiger partial charge in [0, 0.05) is 12.8 Å². The molecular formula is C69H116O5. The summed E-state index contributed by atoms with van der Waals surface area (Å²) in [5, 5.41) is 9.68. The monoisotopic (exact) mass is 1020 g/mol. The number of aliphatic hydroxyl groups excluding tert-OH is 1. The van der Waals surface area contributed by atoms with Crippen LogP contribution in [0.1, 0.15) is 284 Å². The van der Waals surface area contributed by atoms with E-state index in [0.717, 1.165) is 103 Å². The molecule has 1 N–H and O–H groups in total. The SMILES string of the molecule is CC/C=C\C/C=C\C/C=C\C/C=C\C/C=C\C/C=C\CCCCCCCCCCCCCCC(=O)OC(CO)COC(=O)CCCCCCCCCCCCCCCCCC/C=C\C/C=C\C/C=C\C/C=C\CC. The third-order valence-electron chi connectivity index (χ3n) is 13.3. The molecule has 0 amide bonds. The average molecular weight is 1030 g/mol. The number of aliphatic hydroxyl groups is 1. The fourth-order valence-electron chi connectivity index (χ4n) is 8.67. The van der Waals surface area contributed by atoms with Gasteiger partial charge in [-0.05, 0) is 103 Å². The average Bonchev–Trinajstić information content (AvgIpc) is 3.40. The molecule has 0 heterocycles. The highest BCUT2D eigenvalue weighted by molar-refractivity contribution is 5.70. The maximum Gasteiger partial charge on any atom is 0.306 e. The van der Waals surface area contributed by atoms with E-state index in [4.69, 9.17) is 9.47 Å². The van der Waals surface area contributed by atoms with Gasteiger partial charge >= 0.3 is 11.9 Å². The van der Waals surface area contributed by atoms with Crippen molar-refractivity contribution in [3.63, 3.8) is 0 Å². The second kappa shape index (κ2) is 63.6. The molecule has 0 aromatic heterocycles. The number of hydrogen-bond acceptors (Lipinski definition) is 5. The molecule has 74 heavy (non-hydrogen) atoms. The van der Waals surface area contributed by atoms with Crippen LogP contribution in [0.3, 0.4) is 0 Å².